The van der Waals surface area contributed by atoms with Crippen LogP contribution in [0, 0.1) is 12.3 Å². The van der Waals surface area contributed by atoms with E-state index in [1.165, 1.54) is 17.5 Å². The number of hydrogen-bond acceptors (Lipinski definition) is 2. The summed E-state index contributed by atoms with van der Waals surface area (Å²) in [7, 11) is 0. The molecule has 1 atom stereocenters. The minimum absolute atomic E-state index is 0.0581. The van der Waals surface area contributed by atoms with E-state index in [4.69, 9.17) is 5.73 Å². The Morgan fingerprint density at radius 3 is 2.62 bits per heavy atom. The summed E-state index contributed by atoms with van der Waals surface area (Å²) in [4.78, 5) is 0. The van der Waals surface area contributed by atoms with Crippen molar-refractivity contribution in [2.24, 2.45) is 11.1 Å². The molecule has 0 aliphatic heterocycles. The predicted molar refractivity (Wildman–Crippen MR) is 66.3 cm³/mol. The molecule has 2 rings (SSSR count). The predicted octanol–water partition coefficient (Wildman–Crippen LogP) is 2.20. The summed E-state index contributed by atoms with van der Waals surface area (Å²) in [6.07, 6.45) is 3.45. The van der Waals surface area contributed by atoms with E-state index in [1.54, 1.807) is 0 Å². The van der Waals surface area contributed by atoms with Gasteiger partial charge in [0.25, 0.3) is 0 Å². The zero-order chi connectivity index (χ0) is 11.6. The van der Waals surface area contributed by atoms with Gasteiger partial charge in [0, 0.05) is 17.9 Å². The van der Waals surface area contributed by atoms with E-state index in [-0.39, 0.29) is 12.0 Å². The van der Waals surface area contributed by atoms with Crippen molar-refractivity contribution in [3.05, 3.63) is 35.4 Å². The van der Waals surface area contributed by atoms with Gasteiger partial charge in [-0.3, -0.25) is 0 Å². The number of benzene rings is 1. The monoisotopic (exact) mass is 219 g/mol. The van der Waals surface area contributed by atoms with Crippen molar-refractivity contribution in [1.82, 2.24) is 0 Å². The van der Waals surface area contributed by atoms with Gasteiger partial charge in [0.05, 0.1) is 0 Å². The Bertz CT molecular complexity index is 352. The first-order valence-corrected chi connectivity index (χ1v) is 6.09. The minimum Gasteiger partial charge on any atom is -0.396 e. The highest BCUT2D eigenvalue weighted by Gasteiger charge is 2.43. The Morgan fingerprint density at radius 1 is 1.44 bits per heavy atom. The van der Waals surface area contributed by atoms with Crippen molar-refractivity contribution >= 4 is 0 Å². The number of hydrogen-bond donors (Lipinski definition) is 2. The van der Waals surface area contributed by atoms with E-state index in [0.717, 1.165) is 12.8 Å². The maximum absolute atomic E-state index is 9.61. The first-order valence-electron chi connectivity index (χ1n) is 6.09. The minimum atomic E-state index is 0.0581. The van der Waals surface area contributed by atoms with E-state index in [9.17, 15) is 5.11 Å². The molecule has 1 aliphatic rings. The van der Waals surface area contributed by atoms with Crippen molar-refractivity contribution in [1.29, 1.82) is 0 Å². The molecule has 1 saturated carbocycles. The molecule has 0 bridgehead atoms. The Labute approximate surface area is 97.5 Å². The van der Waals surface area contributed by atoms with E-state index in [2.05, 4.69) is 31.2 Å². The molecule has 0 heterocycles. The lowest BCUT2D eigenvalue weighted by Crippen LogP contribution is -2.42. The zero-order valence-corrected chi connectivity index (χ0v) is 9.95. The molecule has 1 aromatic carbocycles. The summed E-state index contributed by atoms with van der Waals surface area (Å²) in [5.74, 6) is 0.311. The molecule has 1 unspecified atom stereocenters. The van der Waals surface area contributed by atoms with Crippen molar-refractivity contribution in [3.8, 4) is 0 Å². The van der Waals surface area contributed by atoms with Gasteiger partial charge in [0.15, 0.2) is 0 Å². The highest BCUT2D eigenvalue weighted by Crippen LogP contribution is 2.50. The number of nitrogens with two attached hydrogens (primary N) is 1. The molecule has 0 spiro atoms. The Balaban J connectivity index is 2.28. The maximum atomic E-state index is 9.61. The second kappa shape index (κ2) is 4.56. The first kappa shape index (κ1) is 11.6. The fourth-order valence-corrected chi connectivity index (χ4v) is 2.87. The third-order valence-corrected chi connectivity index (χ3v) is 4.08. The van der Waals surface area contributed by atoms with Crippen LogP contribution < -0.4 is 5.73 Å². The standard InChI is InChI=1S/C14H21NO/c1-11-4-2-5-12(8-11)13(9-15)14(10-16)6-3-7-14/h2,4-5,8,13,16H,3,6-7,9-10,15H2,1H3. The van der Waals surface area contributed by atoms with Gasteiger partial charge in [-0.15, -0.1) is 0 Å². The Morgan fingerprint density at radius 2 is 2.19 bits per heavy atom. The lowest BCUT2D eigenvalue weighted by Gasteiger charge is -2.46. The van der Waals surface area contributed by atoms with Gasteiger partial charge in [-0.2, -0.15) is 0 Å². The fraction of sp³-hybridized carbons (Fsp3) is 0.571. The summed E-state index contributed by atoms with van der Waals surface area (Å²) in [6, 6.07) is 8.52. The van der Waals surface area contributed by atoms with Crippen LogP contribution >= 0.6 is 0 Å². The average Bonchev–Trinajstić information content (AvgIpc) is 2.23. The van der Waals surface area contributed by atoms with Crippen molar-refractivity contribution in [3.63, 3.8) is 0 Å². The second-order valence-electron chi connectivity index (χ2n) is 5.08. The SMILES string of the molecule is Cc1cccc(C(CN)C2(CO)CCC2)c1. The van der Waals surface area contributed by atoms with Gasteiger partial charge in [0.2, 0.25) is 0 Å². The molecule has 0 aromatic heterocycles. The molecule has 0 saturated heterocycles. The molecule has 1 aliphatic carbocycles. The van der Waals surface area contributed by atoms with Crippen molar-refractivity contribution in [2.45, 2.75) is 32.1 Å². The largest absolute Gasteiger partial charge is 0.396 e. The van der Waals surface area contributed by atoms with Gasteiger partial charge < -0.3 is 10.8 Å². The summed E-state index contributed by atoms with van der Waals surface area (Å²) < 4.78 is 0. The summed E-state index contributed by atoms with van der Waals surface area (Å²) in [5.41, 5.74) is 8.53. The molecule has 1 aromatic rings. The van der Waals surface area contributed by atoms with Gasteiger partial charge in [-0.05, 0) is 31.9 Å². The number of aryl methyl sites for hydroxylation is 1. The molecule has 0 radical (unpaired) electrons. The van der Waals surface area contributed by atoms with Crippen LogP contribution in [-0.2, 0) is 0 Å². The van der Waals surface area contributed by atoms with Crippen LogP contribution in [0.5, 0.6) is 0 Å². The van der Waals surface area contributed by atoms with E-state index in [0.29, 0.717) is 12.5 Å². The van der Waals surface area contributed by atoms with E-state index in [1.807, 2.05) is 0 Å². The second-order valence-corrected chi connectivity index (χ2v) is 5.08. The number of aliphatic hydroxyl groups excluding tert-OH is 1. The van der Waals surface area contributed by atoms with Gasteiger partial charge in [-0.25, -0.2) is 0 Å². The molecule has 88 valence electrons. The Kier molecular flexibility index (Phi) is 3.31. The smallest absolute Gasteiger partial charge is 0.0493 e. The number of rotatable bonds is 4. The highest BCUT2D eigenvalue weighted by atomic mass is 16.3. The van der Waals surface area contributed by atoms with Gasteiger partial charge >= 0.3 is 0 Å². The summed E-state index contributed by atoms with van der Waals surface area (Å²) in [5, 5.41) is 9.61. The fourth-order valence-electron chi connectivity index (χ4n) is 2.87. The molecule has 3 N–H and O–H groups in total. The topological polar surface area (TPSA) is 46.2 Å². The highest BCUT2D eigenvalue weighted by molar-refractivity contribution is 5.28. The van der Waals surface area contributed by atoms with Crippen LogP contribution in [0.4, 0.5) is 0 Å². The van der Waals surface area contributed by atoms with Crippen molar-refractivity contribution in [2.75, 3.05) is 13.2 Å². The van der Waals surface area contributed by atoms with Crippen LogP contribution in [0.3, 0.4) is 0 Å². The van der Waals surface area contributed by atoms with Crippen LogP contribution in [-0.4, -0.2) is 18.3 Å². The normalized spacial score (nSPS) is 20.2. The molecular formula is C14H21NO. The average molecular weight is 219 g/mol. The number of aliphatic hydroxyl groups is 1. The van der Waals surface area contributed by atoms with Gasteiger partial charge in [-0.1, -0.05) is 36.2 Å². The van der Waals surface area contributed by atoms with Crippen molar-refractivity contribution < 1.29 is 5.11 Å². The van der Waals surface area contributed by atoms with E-state index >= 15 is 0 Å². The van der Waals surface area contributed by atoms with Crippen LogP contribution in [0.1, 0.15) is 36.3 Å². The lowest BCUT2D eigenvalue weighted by molar-refractivity contribution is 0.0192. The maximum Gasteiger partial charge on any atom is 0.0493 e. The molecule has 16 heavy (non-hydrogen) atoms. The summed E-state index contributed by atoms with van der Waals surface area (Å²) >= 11 is 0. The van der Waals surface area contributed by atoms with Crippen LogP contribution in [0.2, 0.25) is 0 Å². The van der Waals surface area contributed by atoms with Gasteiger partial charge in [0.1, 0.15) is 0 Å². The van der Waals surface area contributed by atoms with Crippen LogP contribution in [0.25, 0.3) is 0 Å². The molecule has 2 nitrogen and oxygen atoms in total. The van der Waals surface area contributed by atoms with E-state index < -0.39 is 0 Å². The zero-order valence-electron chi connectivity index (χ0n) is 9.95. The molecule has 2 heteroatoms. The van der Waals surface area contributed by atoms with Crippen LogP contribution in [0.15, 0.2) is 24.3 Å². The first-order chi connectivity index (χ1) is 7.72. The molecule has 1 fully saturated rings. The molecular weight excluding hydrogens is 198 g/mol. The molecule has 0 amide bonds. The summed E-state index contributed by atoms with van der Waals surface area (Å²) in [6.45, 7) is 3.00. The Hall–Kier alpha value is -0.860. The third-order valence-electron chi connectivity index (χ3n) is 4.08. The quantitative estimate of drug-likeness (QED) is 0.815. The lowest BCUT2D eigenvalue weighted by atomic mass is 9.59. The third kappa shape index (κ3) is 1.87.